The van der Waals surface area contributed by atoms with E-state index in [1.165, 1.54) is 19.3 Å². The molecule has 0 unspecified atom stereocenters. The van der Waals surface area contributed by atoms with Gasteiger partial charge in [0.25, 0.3) is 5.91 Å². The molecule has 1 saturated carbocycles. The van der Waals surface area contributed by atoms with Crippen LogP contribution >= 0.6 is 0 Å². The number of nitrogens with zero attached hydrogens (tertiary/aromatic N) is 2. The van der Waals surface area contributed by atoms with Gasteiger partial charge in [0.2, 0.25) is 0 Å². The Hall–Kier alpha value is -1.52. The van der Waals surface area contributed by atoms with Crippen molar-refractivity contribution in [2.75, 3.05) is 5.73 Å². The molecule has 0 atom stereocenters. The number of aryl methyl sites for hydroxylation is 1. The van der Waals surface area contributed by atoms with Crippen molar-refractivity contribution in [2.24, 2.45) is 0 Å². The van der Waals surface area contributed by atoms with Crippen molar-refractivity contribution in [3.05, 3.63) is 11.8 Å². The van der Waals surface area contributed by atoms with Crippen molar-refractivity contribution in [3.63, 3.8) is 0 Å². The lowest BCUT2D eigenvalue weighted by Gasteiger charge is -2.22. The van der Waals surface area contributed by atoms with Crippen LogP contribution in [0, 0.1) is 0 Å². The molecule has 0 saturated heterocycles. The minimum atomic E-state index is -0.0528. The zero-order chi connectivity index (χ0) is 12.3. The minimum Gasteiger partial charge on any atom is -0.382 e. The van der Waals surface area contributed by atoms with Gasteiger partial charge in [-0.2, -0.15) is 5.10 Å². The number of rotatable bonds is 3. The van der Waals surface area contributed by atoms with Gasteiger partial charge in [0.1, 0.15) is 11.5 Å². The van der Waals surface area contributed by atoms with Gasteiger partial charge in [-0.05, 0) is 19.8 Å². The Balaban J connectivity index is 2.02. The molecule has 5 nitrogen and oxygen atoms in total. The highest BCUT2D eigenvalue weighted by Gasteiger charge is 2.19. The lowest BCUT2D eigenvalue weighted by atomic mass is 9.95. The van der Waals surface area contributed by atoms with E-state index in [4.69, 9.17) is 5.73 Å². The third kappa shape index (κ3) is 2.78. The van der Waals surface area contributed by atoms with E-state index in [0.29, 0.717) is 24.1 Å². The lowest BCUT2D eigenvalue weighted by molar-refractivity contribution is 0.0917. The Morgan fingerprint density at radius 3 is 2.88 bits per heavy atom. The quantitative estimate of drug-likeness (QED) is 0.836. The van der Waals surface area contributed by atoms with E-state index in [1.807, 2.05) is 6.92 Å². The molecule has 17 heavy (non-hydrogen) atoms. The van der Waals surface area contributed by atoms with Gasteiger partial charge in [-0.1, -0.05) is 19.3 Å². The van der Waals surface area contributed by atoms with E-state index in [9.17, 15) is 4.79 Å². The number of nitrogens with one attached hydrogen (secondary N) is 1. The number of nitrogens with two attached hydrogens (primary N) is 1. The molecule has 94 valence electrons. The molecule has 0 bridgehead atoms. The molecule has 3 N–H and O–H groups in total. The third-order valence-electron chi connectivity index (χ3n) is 3.27. The van der Waals surface area contributed by atoms with Gasteiger partial charge in [0.15, 0.2) is 0 Å². The number of hydrogen-bond acceptors (Lipinski definition) is 3. The standard InChI is InChI=1S/C12H20N4O/c1-2-16-10(8-11(13)15-16)12(17)14-9-6-4-3-5-7-9/h8-9H,2-7H2,1H3,(H2,13,15)(H,14,17). The van der Waals surface area contributed by atoms with E-state index < -0.39 is 0 Å². The van der Waals surface area contributed by atoms with Crippen LogP contribution in [-0.4, -0.2) is 21.7 Å². The Bertz CT molecular complexity index is 393. The van der Waals surface area contributed by atoms with Gasteiger partial charge < -0.3 is 11.1 Å². The molecule has 0 spiro atoms. The average Bonchev–Trinajstić information content (AvgIpc) is 2.72. The van der Waals surface area contributed by atoms with Crippen LogP contribution in [0.2, 0.25) is 0 Å². The number of nitrogen functional groups attached to an aromatic ring is 1. The van der Waals surface area contributed by atoms with Crippen LogP contribution in [0.4, 0.5) is 5.82 Å². The highest BCUT2D eigenvalue weighted by atomic mass is 16.2. The number of hydrogen-bond donors (Lipinski definition) is 2. The van der Waals surface area contributed by atoms with Gasteiger partial charge in [-0.3, -0.25) is 9.48 Å². The van der Waals surface area contributed by atoms with Gasteiger partial charge in [-0.15, -0.1) is 0 Å². The summed E-state index contributed by atoms with van der Waals surface area (Å²) in [6.45, 7) is 2.61. The summed E-state index contributed by atoms with van der Waals surface area (Å²) in [5.41, 5.74) is 6.18. The van der Waals surface area contributed by atoms with E-state index in [-0.39, 0.29) is 5.91 Å². The van der Waals surface area contributed by atoms with Crippen molar-refractivity contribution in [1.29, 1.82) is 0 Å². The molecule has 1 aromatic heterocycles. The van der Waals surface area contributed by atoms with Crippen molar-refractivity contribution < 1.29 is 4.79 Å². The highest BCUT2D eigenvalue weighted by molar-refractivity contribution is 5.93. The van der Waals surface area contributed by atoms with E-state index in [0.717, 1.165) is 12.8 Å². The van der Waals surface area contributed by atoms with Crippen LogP contribution in [-0.2, 0) is 6.54 Å². The molecule has 0 aliphatic heterocycles. The summed E-state index contributed by atoms with van der Waals surface area (Å²) >= 11 is 0. The second kappa shape index (κ2) is 5.21. The van der Waals surface area contributed by atoms with Crippen LogP contribution < -0.4 is 11.1 Å². The first-order valence-corrected chi connectivity index (χ1v) is 6.35. The Morgan fingerprint density at radius 1 is 1.53 bits per heavy atom. The first-order chi connectivity index (χ1) is 8.20. The minimum absolute atomic E-state index is 0.0528. The van der Waals surface area contributed by atoms with Gasteiger partial charge in [0, 0.05) is 18.7 Å². The third-order valence-corrected chi connectivity index (χ3v) is 3.27. The highest BCUT2D eigenvalue weighted by Crippen LogP contribution is 2.18. The molecule has 1 aliphatic rings. The van der Waals surface area contributed by atoms with Crippen LogP contribution in [0.25, 0.3) is 0 Å². The Labute approximate surface area is 101 Å². The SMILES string of the molecule is CCn1nc(N)cc1C(=O)NC1CCCCC1. The second-order valence-corrected chi connectivity index (χ2v) is 4.58. The average molecular weight is 236 g/mol. The summed E-state index contributed by atoms with van der Waals surface area (Å²) in [6.07, 6.45) is 5.87. The summed E-state index contributed by atoms with van der Waals surface area (Å²) in [6, 6.07) is 1.96. The maximum absolute atomic E-state index is 12.1. The second-order valence-electron chi connectivity index (χ2n) is 4.58. The molecule has 1 aromatic rings. The van der Waals surface area contributed by atoms with Crippen LogP contribution in [0.5, 0.6) is 0 Å². The molecule has 1 fully saturated rings. The largest absolute Gasteiger partial charge is 0.382 e. The predicted molar refractivity (Wildman–Crippen MR) is 66.7 cm³/mol. The summed E-state index contributed by atoms with van der Waals surface area (Å²) in [4.78, 5) is 12.1. The Morgan fingerprint density at radius 2 is 2.24 bits per heavy atom. The van der Waals surface area contributed by atoms with Crippen molar-refractivity contribution in [3.8, 4) is 0 Å². The molecule has 2 rings (SSSR count). The van der Waals surface area contributed by atoms with E-state index in [1.54, 1.807) is 10.7 Å². The van der Waals surface area contributed by atoms with Crippen molar-refractivity contribution in [2.45, 2.75) is 51.6 Å². The molecule has 5 heteroatoms. The summed E-state index contributed by atoms with van der Waals surface area (Å²) in [7, 11) is 0. The molecular weight excluding hydrogens is 216 g/mol. The molecule has 0 radical (unpaired) electrons. The first kappa shape index (κ1) is 12.0. The van der Waals surface area contributed by atoms with Crippen molar-refractivity contribution >= 4 is 11.7 Å². The fraction of sp³-hybridized carbons (Fsp3) is 0.667. The number of aromatic nitrogens is 2. The maximum Gasteiger partial charge on any atom is 0.269 e. The Kier molecular flexibility index (Phi) is 3.66. The summed E-state index contributed by atoms with van der Waals surface area (Å²) in [5, 5.41) is 7.14. The van der Waals surface area contributed by atoms with Crippen LogP contribution in [0.15, 0.2) is 6.07 Å². The van der Waals surface area contributed by atoms with Crippen molar-refractivity contribution in [1.82, 2.24) is 15.1 Å². The molecular formula is C12H20N4O. The number of carbonyl (C=O) groups is 1. The number of amides is 1. The summed E-state index contributed by atoms with van der Waals surface area (Å²) < 4.78 is 1.65. The van der Waals surface area contributed by atoms with Crippen LogP contribution in [0.3, 0.4) is 0 Å². The van der Waals surface area contributed by atoms with E-state index >= 15 is 0 Å². The number of carbonyl (C=O) groups excluding carboxylic acids is 1. The zero-order valence-corrected chi connectivity index (χ0v) is 10.3. The normalized spacial score (nSPS) is 17.0. The predicted octanol–water partition coefficient (Wildman–Crippen LogP) is 1.55. The lowest BCUT2D eigenvalue weighted by Crippen LogP contribution is -2.37. The smallest absolute Gasteiger partial charge is 0.269 e. The fourth-order valence-electron chi connectivity index (χ4n) is 2.37. The summed E-state index contributed by atoms with van der Waals surface area (Å²) in [5.74, 6) is 0.351. The maximum atomic E-state index is 12.1. The first-order valence-electron chi connectivity index (χ1n) is 6.35. The molecule has 0 aromatic carbocycles. The topological polar surface area (TPSA) is 72.9 Å². The van der Waals surface area contributed by atoms with Gasteiger partial charge >= 0.3 is 0 Å². The van der Waals surface area contributed by atoms with Crippen LogP contribution in [0.1, 0.15) is 49.5 Å². The molecule has 1 aliphatic carbocycles. The van der Waals surface area contributed by atoms with Gasteiger partial charge in [0.05, 0.1) is 0 Å². The fourth-order valence-corrected chi connectivity index (χ4v) is 2.37. The monoisotopic (exact) mass is 236 g/mol. The molecule has 1 amide bonds. The number of anilines is 1. The molecule has 1 heterocycles. The zero-order valence-electron chi connectivity index (χ0n) is 10.3. The van der Waals surface area contributed by atoms with E-state index in [2.05, 4.69) is 10.4 Å². The van der Waals surface area contributed by atoms with Gasteiger partial charge in [-0.25, -0.2) is 0 Å².